The summed E-state index contributed by atoms with van der Waals surface area (Å²) in [4.78, 5) is 21.3. The standard InChI is InChI=1S/C8H11NO2/c1-4-7(10)9-8(11)5-6(2)3/h4-5H,1H2,2-3H3,(H,9,10,11). The summed E-state index contributed by atoms with van der Waals surface area (Å²) in [6.45, 7) is 6.76. The Morgan fingerprint density at radius 1 is 1.27 bits per heavy atom. The quantitative estimate of drug-likeness (QED) is 0.596. The molecular formula is C8H11NO2. The summed E-state index contributed by atoms with van der Waals surface area (Å²) in [7, 11) is 0. The number of rotatable bonds is 2. The van der Waals surface area contributed by atoms with Gasteiger partial charge in [0.15, 0.2) is 0 Å². The monoisotopic (exact) mass is 153 g/mol. The molecular weight excluding hydrogens is 142 g/mol. The van der Waals surface area contributed by atoms with Crippen LogP contribution in [-0.4, -0.2) is 11.8 Å². The van der Waals surface area contributed by atoms with Crippen molar-refractivity contribution in [2.45, 2.75) is 13.8 Å². The van der Waals surface area contributed by atoms with Crippen molar-refractivity contribution in [1.29, 1.82) is 0 Å². The predicted octanol–water partition coefficient (Wildman–Crippen LogP) is 0.781. The molecule has 0 saturated heterocycles. The van der Waals surface area contributed by atoms with E-state index in [9.17, 15) is 9.59 Å². The highest BCUT2D eigenvalue weighted by Crippen LogP contribution is 1.86. The number of hydrogen-bond acceptors (Lipinski definition) is 2. The Morgan fingerprint density at radius 2 is 1.82 bits per heavy atom. The van der Waals surface area contributed by atoms with Gasteiger partial charge in [0, 0.05) is 6.08 Å². The maximum Gasteiger partial charge on any atom is 0.250 e. The van der Waals surface area contributed by atoms with Crippen molar-refractivity contribution < 1.29 is 9.59 Å². The summed E-state index contributed by atoms with van der Waals surface area (Å²) < 4.78 is 0. The number of hydrogen-bond donors (Lipinski definition) is 1. The van der Waals surface area contributed by atoms with Crippen LogP contribution in [0.3, 0.4) is 0 Å². The lowest BCUT2D eigenvalue weighted by molar-refractivity contribution is -0.125. The van der Waals surface area contributed by atoms with Gasteiger partial charge in [-0.1, -0.05) is 12.2 Å². The second kappa shape index (κ2) is 4.44. The average molecular weight is 153 g/mol. The van der Waals surface area contributed by atoms with Gasteiger partial charge in [0.25, 0.3) is 5.91 Å². The fourth-order valence-electron chi connectivity index (χ4n) is 0.471. The molecule has 0 rings (SSSR count). The van der Waals surface area contributed by atoms with E-state index in [1.807, 2.05) is 0 Å². The van der Waals surface area contributed by atoms with Crippen LogP contribution in [-0.2, 0) is 9.59 Å². The van der Waals surface area contributed by atoms with Gasteiger partial charge in [0.2, 0.25) is 5.91 Å². The van der Waals surface area contributed by atoms with Crippen LogP contribution in [0.2, 0.25) is 0 Å². The van der Waals surface area contributed by atoms with E-state index >= 15 is 0 Å². The molecule has 0 aliphatic rings. The van der Waals surface area contributed by atoms with E-state index in [4.69, 9.17) is 0 Å². The maximum atomic E-state index is 10.8. The summed E-state index contributed by atoms with van der Waals surface area (Å²) in [6.07, 6.45) is 2.40. The van der Waals surface area contributed by atoms with Crippen molar-refractivity contribution in [2.24, 2.45) is 0 Å². The smallest absolute Gasteiger partial charge is 0.250 e. The number of carbonyl (C=O) groups is 2. The van der Waals surface area contributed by atoms with Crippen molar-refractivity contribution in [3.8, 4) is 0 Å². The summed E-state index contributed by atoms with van der Waals surface area (Å²) >= 11 is 0. The number of allylic oxidation sites excluding steroid dienone is 1. The lowest BCUT2D eigenvalue weighted by atomic mass is 10.3. The molecule has 0 aromatic rings. The fourth-order valence-corrected chi connectivity index (χ4v) is 0.471. The van der Waals surface area contributed by atoms with Crippen molar-refractivity contribution >= 4 is 11.8 Å². The third kappa shape index (κ3) is 5.08. The molecule has 0 unspecified atom stereocenters. The zero-order valence-corrected chi connectivity index (χ0v) is 6.68. The Hall–Kier alpha value is -1.38. The number of imide groups is 1. The van der Waals surface area contributed by atoms with Gasteiger partial charge in [-0.2, -0.15) is 0 Å². The summed E-state index contributed by atoms with van der Waals surface area (Å²) in [5.74, 6) is -0.887. The predicted molar refractivity (Wildman–Crippen MR) is 42.8 cm³/mol. The molecule has 3 nitrogen and oxygen atoms in total. The van der Waals surface area contributed by atoms with Crippen molar-refractivity contribution in [1.82, 2.24) is 5.32 Å². The van der Waals surface area contributed by atoms with Gasteiger partial charge in [-0.15, -0.1) is 0 Å². The minimum absolute atomic E-state index is 0.408. The fraction of sp³-hybridized carbons (Fsp3) is 0.250. The molecule has 0 spiro atoms. The van der Waals surface area contributed by atoms with Gasteiger partial charge in [0.1, 0.15) is 0 Å². The Morgan fingerprint density at radius 3 is 2.18 bits per heavy atom. The van der Waals surface area contributed by atoms with E-state index < -0.39 is 11.8 Å². The topological polar surface area (TPSA) is 46.2 Å². The molecule has 11 heavy (non-hydrogen) atoms. The van der Waals surface area contributed by atoms with Crippen molar-refractivity contribution in [3.63, 3.8) is 0 Å². The highest BCUT2D eigenvalue weighted by molar-refractivity contribution is 6.04. The van der Waals surface area contributed by atoms with Crippen LogP contribution in [0.4, 0.5) is 0 Å². The third-order valence-electron chi connectivity index (χ3n) is 0.852. The highest BCUT2D eigenvalue weighted by atomic mass is 16.2. The number of nitrogens with one attached hydrogen (secondary N) is 1. The van der Waals surface area contributed by atoms with Crippen LogP contribution in [0, 0.1) is 0 Å². The Balaban J connectivity index is 3.99. The first kappa shape index (κ1) is 9.62. The summed E-state index contributed by atoms with van der Waals surface area (Å²) in [6, 6.07) is 0. The Bertz CT molecular complexity index is 212. The van der Waals surface area contributed by atoms with E-state index in [1.54, 1.807) is 13.8 Å². The molecule has 0 aromatic heterocycles. The first-order valence-corrected chi connectivity index (χ1v) is 3.18. The molecule has 0 heterocycles. The molecule has 2 amide bonds. The Kier molecular flexibility index (Phi) is 3.88. The second-order valence-corrected chi connectivity index (χ2v) is 2.28. The average Bonchev–Trinajstić information content (AvgIpc) is 1.85. The van der Waals surface area contributed by atoms with E-state index in [2.05, 4.69) is 11.9 Å². The van der Waals surface area contributed by atoms with Crippen molar-refractivity contribution in [3.05, 3.63) is 24.3 Å². The number of amides is 2. The minimum atomic E-state index is -0.479. The van der Waals surface area contributed by atoms with Gasteiger partial charge in [0.05, 0.1) is 0 Å². The molecule has 0 atom stereocenters. The van der Waals surface area contributed by atoms with Gasteiger partial charge in [-0.3, -0.25) is 14.9 Å². The molecule has 1 N–H and O–H groups in total. The molecule has 0 saturated carbocycles. The van der Waals surface area contributed by atoms with Gasteiger partial charge in [-0.05, 0) is 19.9 Å². The van der Waals surface area contributed by atoms with Crippen LogP contribution < -0.4 is 5.32 Å². The van der Waals surface area contributed by atoms with E-state index in [0.29, 0.717) is 0 Å². The molecule has 0 aliphatic carbocycles. The molecule has 0 aliphatic heterocycles. The van der Waals surface area contributed by atoms with Crippen LogP contribution in [0.15, 0.2) is 24.3 Å². The lowest BCUT2D eigenvalue weighted by Gasteiger charge is -1.94. The zero-order valence-electron chi connectivity index (χ0n) is 6.68. The molecule has 60 valence electrons. The van der Waals surface area contributed by atoms with Crippen LogP contribution in [0.5, 0.6) is 0 Å². The van der Waals surface area contributed by atoms with E-state index in [1.165, 1.54) is 6.08 Å². The highest BCUT2D eigenvalue weighted by Gasteiger charge is 1.98. The molecule has 3 heteroatoms. The third-order valence-corrected chi connectivity index (χ3v) is 0.852. The minimum Gasteiger partial charge on any atom is -0.289 e. The largest absolute Gasteiger partial charge is 0.289 e. The molecule has 0 aromatic carbocycles. The zero-order chi connectivity index (χ0) is 8.85. The van der Waals surface area contributed by atoms with Gasteiger partial charge in [-0.25, -0.2) is 0 Å². The maximum absolute atomic E-state index is 10.8. The Labute approximate surface area is 65.8 Å². The first-order valence-electron chi connectivity index (χ1n) is 3.18. The normalized spacial score (nSPS) is 8.18. The lowest BCUT2D eigenvalue weighted by Crippen LogP contribution is -2.26. The molecule has 0 bridgehead atoms. The van der Waals surface area contributed by atoms with Crippen LogP contribution >= 0.6 is 0 Å². The van der Waals surface area contributed by atoms with Gasteiger partial charge < -0.3 is 0 Å². The van der Waals surface area contributed by atoms with E-state index in [0.717, 1.165) is 11.6 Å². The van der Waals surface area contributed by atoms with E-state index in [-0.39, 0.29) is 0 Å². The second-order valence-electron chi connectivity index (χ2n) is 2.28. The van der Waals surface area contributed by atoms with Crippen LogP contribution in [0.25, 0.3) is 0 Å². The van der Waals surface area contributed by atoms with Crippen molar-refractivity contribution in [2.75, 3.05) is 0 Å². The number of carbonyl (C=O) groups excluding carboxylic acids is 2. The molecule has 0 radical (unpaired) electrons. The first-order chi connectivity index (χ1) is 5.06. The van der Waals surface area contributed by atoms with Gasteiger partial charge >= 0.3 is 0 Å². The SMILES string of the molecule is C=CC(=O)NC(=O)C=C(C)C. The summed E-state index contributed by atoms with van der Waals surface area (Å²) in [5.41, 5.74) is 0.847. The summed E-state index contributed by atoms with van der Waals surface area (Å²) in [5, 5.41) is 2.09. The van der Waals surface area contributed by atoms with Crippen LogP contribution in [0.1, 0.15) is 13.8 Å². The molecule has 0 fully saturated rings.